The Kier molecular flexibility index (Phi) is 4.32. The highest BCUT2D eigenvalue weighted by Crippen LogP contribution is 2.22. The Morgan fingerprint density at radius 3 is 2.25 bits per heavy atom. The van der Waals surface area contributed by atoms with Crippen molar-refractivity contribution in [2.75, 3.05) is 0 Å². The van der Waals surface area contributed by atoms with Crippen LogP contribution in [0.15, 0.2) is 24.3 Å². The van der Waals surface area contributed by atoms with Gasteiger partial charge in [0.05, 0.1) is 6.42 Å². The molecule has 0 fully saturated rings. The third-order valence-electron chi connectivity index (χ3n) is 2.32. The summed E-state index contributed by atoms with van der Waals surface area (Å²) >= 11 is 0. The molecule has 0 saturated carbocycles. The number of alkyl halides is 3. The van der Waals surface area contributed by atoms with Crippen molar-refractivity contribution in [3.8, 4) is 0 Å². The Morgan fingerprint density at radius 1 is 1.25 bits per heavy atom. The maximum absolute atomic E-state index is 12.2. The molecule has 2 nitrogen and oxygen atoms in total. The number of hydrogen-bond donors (Lipinski definition) is 2. The zero-order chi connectivity index (χ0) is 12.2. The maximum atomic E-state index is 12.2. The van der Waals surface area contributed by atoms with Gasteiger partial charge in [-0.1, -0.05) is 29.8 Å². The fourth-order valence-corrected chi connectivity index (χ4v) is 1.48. The number of hydrazine groups is 1. The zero-order valence-electron chi connectivity index (χ0n) is 9.01. The smallest absolute Gasteiger partial charge is 0.271 e. The molecular formula is C11H15F3N2. The highest BCUT2D eigenvalue weighted by Gasteiger charge is 2.31. The molecule has 1 aromatic carbocycles. The van der Waals surface area contributed by atoms with Gasteiger partial charge >= 0.3 is 6.18 Å². The van der Waals surface area contributed by atoms with Crippen molar-refractivity contribution < 1.29 is 13.2 Å². The van der Waals surface area contributed by atoms with Crippen LogP contribution in [-0.2, 0) is 6.42 Å². The molecule has 0 aliphatic rings. The van der Waals surface area contributed by atoms with Crippen molar-refractivity contribution in [3.63, 3.8) is 0 Å². The first kappa shape index (κ1) is 13.0. The van der Waals surface area contributed by atoms with Crippen molar-refractivity contribution in [2.45, 2.75) is 32.0 Å². The van der Waals surface area contributed by atoms with E-state index in [4.69, 9.17) is 5.84 Å². The van der Waals surface area contributed by atoms with Crippen molar-refractivity contribution >= 4 is 0 Å². The van der Waals surface area contributed by atoms with E-state index in [0.717, 1.165) is 11.1 Å². The van der Waals surface area contributed by atoms with Crippen LogP contribution >= 0.6 is 0 Å². The van der Waals surface area contributed by atoms with Crippen molar-refractivity contribution in [3.05, 3.63) is 35.4 Å². The quantitative estimate of drug-likeness (QED) is 0.617. The molecule has 16 heavy (non-hydrogen) atoms. The molecule has 0 heterocycles. The van der Waals surface area contributed by atoms with Gasteiger partial charge in [0, 0.05) is 6.04 Å². The zero-order valence-corrected chi connectivity index (χ0v) is 9.01. The first-order valence-corrected chi connectivity index (χ1v) is 4.99. The van der Waals surface area contributed by atoms with Crippen LogP contribution in [0.2, 0.25) is 0 Å². The van der Waals surface area contributed by atoms with Crippen LogP contribution in [0.3, 0.4) is 0 Å². The molecule has 0 aromatic heterocycles. The normalized spacial score (nSPS) is 13.8. The molecule has 1 unspecified atom stereocenters. The summed E-state index contributed by atoms with van der Waals surface area (Å²) in [5.74, 6) is 5.11. The molecule has 0 aliphatic carbocycles. The van der Waals surface area contributed by atoms with Gasteiger partial charge in [0.25, 0.3) is 0 Å². The second kappa shape index (κ2) is 5.32. The molecule has 90 valence electrons. The molecule has 1 aromatic rings. The van der Waals surface area contributed by atoms with Gasteiger partial charge in [-0.15, -0.1) is 0 Å². The van der Waals surface area contributed by atoms with Crippen molar-refractivity contribution in [1.82, 2.24) is 5.43 Å². The lowest BCUT2D eigenvalue weighted by atomic mass is 10.0. The highest BCUT2D eigenvalue weighted by molar-refractivity contribution is 5.22. The van der Waals surface area contributed by atoms with Crippen molar-refractivity contribution in [1.29, 1.82) is 0 Å². The molecule has 1 rings (SSSR count). The number of hydrogen-bond acceptors (Lipinski definition) is 2. The maximum Gasteiger partial charge on any atom is 0.390 e. The number of nitrogens with one attached hydrogen (secondary N) is 1. The Balaban J connectivity index is 2.60. The topological polar surface area (TPSA) is 38.0 Å². The lowest BCUT2D eigenvalue weighted by Crippen LogP contribution is -2.40. The van der Waals surface area contributed by atoms with E-state index in [2.05, 4.69) is 5.43 Å². The van der Waals surface area contributed by atoms with E-state index in [1.807, 2.05) is 31.2 Å². The van der Waals surface area contributed by atoms with Crippen LogP contribution in [0, 0.1) is 6.92 Å². The summed E-state index contributed by atoms with van der Waals surface area (Å²) in [4.78, 5) is 0. The van der Waals surface area contributed by atoms with E-state index in [1.54, 1.807) is 0 Å². The van der Waals surface area contributed by atoms with Gasteiger partial charge in [-0.3, -0.25) is 11.3 Å². The van der Waals surface area contributed by atoms with Crippen LogP contribution < -0.4 is 11.3 Å². The average Bonchev–Trinajstić information content (AvgIpc) is 2.18. The van der Waals surface area contributed by atoms with E-state index >= 15 is 0 Å². The molecule has 5 heteroatoms. The third-order valence-corrected chi connectivity index (χ3v) is 2.32. The SMILES string of the molecule is Cc1ccc(CC(CC(F)(F)F)NN)cc1. The van der Waals surface area contributed by atoms with Gasteiger partial charge in [0.15, 0.2) is 0 Å². The number of nitrogens with two attached hydrogens (primary N) is 1. The van der Waals surface area contributed by atoms with Gasteiger partial charge < -0.3 is 0 Å². The molecular weight excluding hydrogens is 217 g/mol. The Morgan fingerprint density at radius 2 is 1.81 bits per heavy atom. The van der Waals surface area contributed by atoms with E-state index < -0.39 is 18.6 Å². The molecule has 0 radical (unpaired) electrons. The summed E-state index contributed by atoms with van der Waals surface area (Å²) in [5.41, 5.74) is 4.13. The first-order valence-electron chi connectivity index (χ1n) is 4.99. The minimum absolute atomic E-state index is 0.274. The molecule has 0 amide bonds. The monoisotopic (exact) mass is 232 g/mol. The summed E-state index contributed by atoms with van der Waals surface area (Å²) in [6.07, 6.45) is -4.84. The molecule has 1 atom stereocenters. The fourth-order valence-electron chi connectivity index (χ4n) is 1.48. The predicted molar refractivity (Wildman–Crippen MR) is 56.7 cm³/mol. The third kappa shape index (κ3) is 4.63. The molecule has 3 N–H and O–H groups in total. The molecule has 0 bridgehead atoms. The van der Waals surface area contributed by atoms with Crippen LogP contribution in [-0.4, -0.2) is 12.2 Å². The predicted octanol–water partition coefficient (Wildman–Crippen LogP) is 2.32. The number of benzene rings is 1. The highest BCUT2D eigenvalue weighted by atomic mass is 19.4. The van der Waals surface area contributed by atoms with E-state index in [0.29, 0.717) is 0 Å². The van der Waals surface area contributed by atoms with Crippen LogP contribution in [0.4, 0.5) is 13.2 Å². The van der Waals surface area contributed by atoms with Crippen molar-refractivity contribution in [2.24, 2.45) is 5.84 Å². The first-order chi connectivity index (χ1) is 7.40. The van der Waals surface area contributed by atoms with Crippen LogP contribution in [0.1, 0.15) is 17.5 Å². The van der Waals surface area contributed by atoms with Gasteiger partial charge in [-0.25, -0.2) is 0 Å². The summed E-state index contributed by atoms with van der Waals surface area (Å²) in [6.45, 7) is 1.93. The van der Waals surface area contributed by atoms with Crippen LogP contribution in [0.25, 0.3) is 0 Å². The summed E-state index contributed by atoms with van der Waals surface area (Å²) in [5, 5.41) is 0. The van der Waals surface area contributed by atoms with Gasteiger partial charge in [-0.05, 0) is 18.9 Å². The summed E-state index contributed by atoms with van der Waals surface area (Å²) < 4.78 is 36.5. The second-order valence-corrected chi connectivity index (χ2v) is 3.87. The van der Waals surface area contributed by atoms with E-state index in [-0.39, 0.29) is 6.42 Å². The molecule has 0 spiro atoms. The second-order valence-electron chi connectivity index (χ2n) is 3.87. The number of halogens is 3. The Bertz CT molecular complexity index is 319. The molecule has 0 saturated heterocycles. The standard InChI is InChI=1S/C11H15F3N2/c1-8-2-4-9(5-3-8)6-10(16-15)7-11(12,13)14/h2-5,10,16H,6-7,15H2,1H3. The van der Waals surface area contributed by atoms with Gasteiger partial charge in [0.2, 0.25) is 0 Å². The number of rotatable bonds is 4. The minimum Gasteiger partial charge on any atom is -0.271 e. The lowest BCUT2D eigenvalue weighted by Gasteiger charge is -2.17. The Labute approximate surface area is 92.6 Å². The Hall–Kier alpha value is -1.07. The van der Waals surface area contributed by atoms with E-state index in [9.17, 15) is 13.2 Å². The van der Waals surface area contributed by atoms with E-state index in [1.165, 1.54) is 0 Å². The largest absolute Gasteiger partial charge is 0.390 e. The van der Waals surface area contributed by atoms with Gasteiger partial charge in [0.1, 0.15) is 0 Å². The van der Waals surface area contributed by atoms with Crippen LogP contribution in [0.5, 0.6) is 0 Å². The lowest BCUT2D eigenvalue weighted by molar-refractivity contribution is -0.140. The minimum atomic E-state index is -4.19. The summed E-state index contributed by atoms with van der Waals surface area (Å²) in [6, 6.07) is 6.60. The molecule has 0 aliphatic heterocycles. The average molecular weight is 232 g/mol. The summed E-state index contributed by atoms with van der Waals surface area (Å²) in [7, 11) is 0. The fraction of sp³-hybridized carbons (Fsp3) is 0.455. The number of aryl methyl sites for hydroxylation is 1. The van der Waals surface area contributed by atoms with Gasteiger partial charge in [-0.2, -0.15) is 13.2 Å².